The number of carbonyl (C=O) groups excluding carboxylic acids is 2. The van der Waals surface area contributed by atoms with Gasteiger partial charge in [-0.15, -0.1) is 0 Å². The summed E-state index contributed by atoms with van der Waals surface area (Å²) in [6, 6.07) is 6.64. The summed E-state index contributed by atoms with van der Waals surface area (Å²) in [5.41, 5.74) is 0.482. The van der Waals surface area contributed by atoms with Crippen LogP contribution >= 0.6 is 11.8 Å². The SMILES string of the molecule is CCN(CC)CCCn1c(S[C@@H](C)C(=O)NC(=O)NC)nc2ccccc2c1=O. The van der Waals surface area contributed by atoms with Crippen LogP contribution in [0.25, 0.3) is 10.9 Å². The van der Waals surface area contributed by atoms with E-state index in [0.29, 0.717) is 22.6 Å². The van der Waals surface area contributed by atoms with Crippen molar-refractivity contribution < 1.29 is 9.59 Å². The van der Waals surface area contributed by atoms with Crippen molar-refractivity contribution in [2.75, 3.05) is 26.7 Å². The predicted molar refractivity (Wildman–Crippen MR) is 116 cm³/mol. The highest BCUT2D eigenvalue weighted by Crippen LogP contribution is 2.23. The summed E-state index contributed by atoms with van der Waals surface area (Å²) in [5.74, 6) is -0.438. The van der Waals surface area contributed by atoms with Gasteiger partial charge in [-0.25, -0.2) is 9.78 Å². The summed E-state index contributed by atoms with van der Waals surface area (Å²) < 4.78 is 1.64. The van der Waals surface area contributed by atoms with Gasteiger partial charge in [-0.1, -0.05) is 37.7 Å². The van der Waals surface area contributed by atoms with E-state index in [9.17, 15) is 14.4 Å². The normalized spacial score (nSPS) is 12.2. The number of thioether (sulfide) groups is 1. The van der Waals surface area contributed by atoms with E-state index in [2.05, 4.69) is 34.4 Å². The van der Waals surface area contributed by atoms with Crippen molar-refractivity contribution in [2.24, 2.45) is 0 Å². The molecule has 1 atom stereocenters. The molecular formula is C20H29N5O3S. The number of fused-ring (bicyclic) bond motifs is 1. The highest BCUT2D eigenvalue weighted by molar-refractivity contribution is 8.00. The molecule has 1 aromatic carbocycles. The van der Waals surface area contributed by atoms with Gasteiger partial charge in [-0.2, -0.15) is 0 Å². The van der Waals surface area contributed by atoms with Crippen LogP contribution in [-0.4, -0.2) is 58.3 Å². The van der Waals surface area contributed by atoms with E-state index in [1.807, 2.05) is 12.1 Å². The van der Waals surface area contributed by atoms with Crippen molar-refractivity contribution in [3.8, 4) is 0 Å². The topological polar surface area (TPSA) is 96.3 Å². The number of para-hydroxylation sites is 1. The third-order valence-electron chi connectivity index (χ3n) is 4.69. The molecular weight excluding hydrogens is 390 g/mol. The average molecular weight is 420 g/mol. The quantitative estimate of drug-likeness (QED) is 0.477. The summed E-state index contributed by atoms with van der Waals surface area (Å²) in [4.78, 5) is 43.6. The standard InChI is InChI=1S/C20H29N5O3S/c1-5-24(6-2)12-9-13-25-18(27)15-10-7-8-11-16(15)22-20(25)29-14(3)17(26)23-19(28)21-4/h7-8,10-11,14H,5-6,9,12-13H2,1-4H3,(H2,21,23,26,28)/t14-/m0/s1. The number of amides is 3. The number of nitrogens with one attached hydrogen (secondary N) is 2. The molecule has 0 aliphatic carbocycles. The molecule has 29 heavy (non-hydrogen) atoms. The minimum atomic E-state index is -0.589. The van der Waals surface area contributed by atoms with Crippen molar-refractivity contribution >= 4 is 34.6 Å². The van der Waals surface area contributed by atoms with E-state index >= 15 is 0 Å². The second-order valence-electron chi connectivity index (χ2n) is 6.58. The maximum absolute atomic E-state index is 13.1. The third kappa shape index (κ3) is 6.04. The summed E-state index contributed by atoms with van der Waals surface area (Å²) in [6.45, 7) is 9.22. The molecule has 0 radical (unpaired) electrons. The van der Waals surface area contributed by atoms with Gasteiger partial charge >= 0.3 is 6.03 Å². The van der Waals surface area contributed by atoms with Crippen molar-refractivity contribution in [3.05, 3.63) is 34.6 Å². The highest BCUT2D eigenvalue weighted by atomic mass is 32.2. The molecule has 2 aromatic rings. The van der Waals surface area contributed by atoms with Gasteiger partial charge in [-0.05, 0) is 45.1 Å². The number of imide groups is 1. The van der Waals surface area contributed by atoms with Gasteiger partial charge in [0.1, 0.15) is 0 Å². The van der Waals surface area contributed by atoms with Gasteiger partial charge in [0, 0.05) is 13.6 Å². The fourth-order valence-electron chi connectivity index (χ4n) is 2.91. The third-order valence-corrected chi connectivity index (χ3v) is 5.78. The molecule has 9 heteroatoms. The number of aromatic nitrogens is 2. The number of benzene rings is 1. The Morgan fingerprint density at radius 2 is 1.93 bits per heavy atom. The Labute approximate surface area is 175 Å². The first-order chi connectivity index (χ1) is 13.9. The van der Waals surface area contributed by atoms with Crippen LogP contribution in [0.15, 0.2) is 34.2 Å². The van der Waals surface area contributed by atoms with Gasteiger partial charge in [0.25, 0.3) is 5.56 Å². The smallest absolute Gasteiger partial charge is 0.321 e. The van der Waals surface area contributed by atoms with Crippen LogP contribution in [0.2, 0.25) is 0 Å². The molecule has 0 saturated heterocycles. The number of urea groups is 1. The summed E-state index contributed by atoms with van der Waals surface area (Å²) in [5, 5.41) is 5.06. The minimum absolute atomic E-state index is 0.114. The Kier molecular flexibility index (Phi) is 8.66. The van der Waals surface area contributed by atoms with Gasteiger partial charge in [-0.3, -0.25) is 19.5 Å². The summed E-state index contributed by atoms with van der Waals surface area (Å²) in [7, 11) is 1.44. The lowest BCUT2D eigenvalue weighted by atomic mass is 10.2. The van der Waals surface area contributed by atoms with Gasteiger partial charge in [0.15, 0.2) is 5.16 Å². The van der Waals surface area contributed by atoms with Crippen LogP contribution in [0, 0.1) is 0 Å². The molecule has 0 fully saturated rings. The van der Waals surface area contributed by atoms with Gasteiger partial charge in [0.05, 0.1) is 16.2 Å². The highest BCUT2D eigenvalue weighted by Gasteiger charge is 2.20. The largest absolute Gasteiger partial charge is 0.341 e. The molecule has 0 aliphatic heterocycles. The lowest BCUT2D eigenvalue weighted by Gasteiger charge is -2.19. The second-order valence-corrected chi connectivity index (χ2v) is 7.89. The maximum atomic E-state index is 13.1. The zero-order valence-electron chi connectivity index (χ0n) is 17.4. The Morgan fingerprint density at radius 1 is 1.24 bits per heavy atom. The van der Waals surface area contributed by atoms with E-state index in [1.54, 1.807) is 23.6 Å². The molecule has 0 unspecified atom stereocenters. The van der Waals surface area contributed by atoms with Crippen molar-refractivity contribution in [1.29, 1.82) is 0 Å². The van der Waals surface area contributed by atoms with Gasteiger partial charge in [0.2, 0.25) is 5.91 Å². The van der Waals surface area contributed by atoms with Crippen LogP contribution in [-0.2, 0) is 11.3 Å². The minimum Gasteiger partial charge on any atom is -0.341 e. The molecule has 2 rings (SSSR count). The molecule has 8 nitrogen and oxygen atoms in total. The molecule has 158 valence electrons. The Hall–Kier alpha value is -2.39. The first-order valence-corrected chi connectivity index (χ1v) is 10.7. The van der Waals surface area contributed by atoms with E-state index in [4.69, 9.17) is 0 Å². The van der Waals surface area contributed by atoms with Crippen molar-refractivity contribution in [3.63, 3.8) is 0 Å². The summed E-state index contributed by atoms with van der Waals surface area (Å²) >= 11 is 1.18. The van der Waals surface area contributed by atoms with Crippen molar-refractivity contribution in [2.45, 2.75) is 44.1 Å². The lowest BCUT2D eigenvalue weighted by Crippen LogP contribution is -2.41. The molecule has 3 amide bonds. The number of hydrogen-bond donors (Lipinski definition) is 2. The predicted octanol–water partition coefficient (Wildman–Crippen LogP) is 2.06. The first kappa shape index (κ1) is 22.9. The number of rotatable bonds is 9. The van der Waals surface area contributed by atoms with Crippen LogP contribution in [0.1, 0.15) is 27.2 Å². The second kappa shape index (κ2) is 11.0. The van der Waals surface area contributed by atoms with Crippen LogP contribution < -0.4 is 16.2 Å². The molecule has 0 aliphatic rings. The number of hydrogen-bond acceptors (Lipinski definition) is 6. The number of nitrogens with zero attached hydrogens (tertiary/aromatic N) is 3. The monoisotopic (exact) mass is 419 g/mol. The molecule has 2 N–H and O–H groups in total. The van der Waals surface area contributed by atoms with Crippen molar-refractivity contribution in [1.82, 2.24) is 25.1 Å². The zero-order valence-corrected chi connectivity index (χ0v) is 18.2. The molecule has 1 aromatic heterocycles. The van der Waals surface area contributed by atoms with E-state index in [1.165, 1.54) is 18.8 Å². The fourth-order valence-corrected chi connectivity index (χ4v) is 3.85. The maximum Gasteiger partial charge on any atom is 0.321 e. The number of carbonyl (C=O) groups is 2. The molecule has 1 heterocycles. The Morgan fingerprint density at radius 3 is 2.59 bits per heavy atom. The first-order valence-electron chi connectivity index (χ1n) is 9.82. The Bertz CT molecular complexity index is 911. The van der Waals surface area contributed by atoms with Crippen LogP contribution in [0.5, 0.6) is 0 Å². The van der Waals surface area contributed by atoms with Crippen LogP contribution in [0.4, 0.5) is 4.79 Å². The summed E-state index contributed by atoms with van der Waals surface area (Å²) in [6.07, 6.45) is 0.800. The molecule has 0 bridgehead atoms. The molecule has 0 spiro atoms. The lowest BCUT2D eigenvalue weighted by molar-refractivity contribution is -0.119. The van der Waals surface area contributed by atoms with Gasteiger partial charge < -0.3 is 10.2 Å². The zero-order chi connectivity index (χ0) is 21.4. The average Bonchev–Trinajstić information content (AvgIpc) is 2.72. The fraction of sp³-hybridized carbons (Fsp3) is 0.500. The Balaban J connectivity index is 2.29. The molecule has 0 saturated carbocycles. The van der Waals surface area contributed by atoms with E-state index in [-0.39, 0.29) is 5.56 Å². The van der Waals surface area contributed by atoms with Crippen LogP contribution in [0.3, 0.4) is 0 Å². The van der Waals surface area contributed by atoms with E-state index in [0.717, 1.165) is 26.1 Å². The van der Waals surface area contributed by atoms with E-state index < -0.39 is 17.2 Å².